The predicted octanol–water partition coefficient (Wildman–Crippen LogP) is 15.1. The second kappa shape index (κ2) is 18.3. The quantitative estimate of drug-likeness (QED) is 0.124. The van der Waals surface area contributed by atoms with Crippen LogP contribution in [0.1, 0.15) is 69.9 Å². The van der Waals surface area contributed by atoms with Gasteiger partial charge in [0.1, 0.15) is 0 Å². The highest BCUT2D eigenvalue weighted by Crippen LogP contribution is 2.38. The fraction of sp³-hybridized carbons (Fsp3) is 0.228. The lowest BCUT2D eigenvalue weighted by Crippen LogP contribution is -2.17. The van der Waals surface area contributed by atoms with E-state index in [0.29, 0.717) is 23.0 Å². The summed E-state index contributed by atoms with van der Waals surface area (Å²) in [6.45, 7) is 4.82. The summed E-state index contributed by atoms with van der Waals surface area (Å²) >= 11 is 0. The summed E-state index contributed by atoms with van der Waals surface area (Å²) < 4.78 is 0. The first-order chi connectivity index (χ1) is 30.0. The summed E-state index contributed by atoms with van der Waals surface area (Å²) in [6, 6.07) is 59.4. The Bertz CT molecular complexity index is 2790. The van der Waals surface area contributed by atoms with E-state index in [9.17, 15) is 5.26 Å². The van der Waals surface area contributed by atoms with Crippen molar-refractivity contribution in [2.24, 2.45) is 17.8 Å². The Morgan fingerprint density at radius 2 is 1.11 bits per heavy atom. The molecule has 0 amide bonds. The number of aryl methyl sites for hydroxylation is 1. The molecule has 1 fully saturated rings. The lowest BCUT2D eigenvalue weighted by atomic mass is 9.76. The van der Waals surface area contributed by atoms with Gasteiger partial charge in [0.25, 0.3) is 0 Å². The number of nitriles is 1. The van der Waals surface area contributed by atoms with Gasteiger partial charge in [0, 0.05) is 16.7 Å². The van der Waals surface area contributed by atoms with Crippen molar-refractivity contribution in [1.29, 1.82) is 5.26 Å². The van der Waals surface area contributed by atoms with E-state index >= 15 is 0 Å². The van der Waals surface area contributed by atoms with Crippen LogP contribution in [0.3, 0.4) is 0 Å². The van der Waals surface area contributed by atoms with Gasteiger partial charge in [-0.15, -0.1) is 0 Å². The van der Waals surface area contributed by atoms with Gasteiger partial charge in [0.2, 0.25) is 0 Å². The topological polar surface area (TPSA) is 62.5 Å². The molecule has 0 bridgehead atoms. The summed E-state index contributed by atoms with van der Waals surface area (Å²) in [5.74, 6) is 4.41. The molecule has 1 heterocycles. The highest BCUT2D eigenvalue weighted by molar-refractivity contribution is 5.99. The minimum Gasteiger partial charge on any atom is -0.208 e. The predicted molar refractivity (Wildman–Crippen MR) is 253 cm³/mol. The van der Waals surface area contributed by atoms with E-state index in [1.54, 1.807) is 0 Å². The zero-order valence-electron chi connectivity index (χ0n) is 35.3. The molecule has 7 aromatic carbocycles. The molecule has 300 valence electrons. The van der Waals surface area contributed by atoms with Crippen LogP contribution < -0.4 is 0 Å². The van der Waals surface area contributed by atoms with Gasteiger partial charge in [0.05, 0.1) is 11.6 Å². The van der Waals surface area contributed by atoms with Crippen molar-refractivity contribution < 1.29 is 0 Å². The van der Waals surface area contributed by atoms with Gasteiger partial charge < -0.3 is 0 Å². The molecule has 0 radical (unpaired) electrons. The zero-order valence-corrected chi connectivity index (χ0v) is 35.3. The van der Waals surface area contributed by atoms with E-state index < -0.39 is 0 Å². The number of nitrogens with zero attached hydrogens (tertiary/aromatic N) is 4. The van der Waals surface area contributed by atoms with Gasteiger partial charge in [-0.05, 0) is 136 Å². The van der Waals surface area contributed by atoms with Gasteiger partial charge in [-0.1, -0.05) is 161 Å². The Morgan fingerprint density at radius 3 is 1.79 bits per heavy atom. The smallest absolute Gasteiger partial charge is 0.164 e. The van der Waals surface area contributed by atoms with Crippen LogP contribution in [0.25, 0.3) is 78.3 Å². The molecule has 0 saturated heterocycles. The van der Waals surface area contributed by atoms with E-state index in [0.717, 1.165) is 85.0 Å². The van der Waals surface area contributed by atoms with Crippen LogP contribution in [0.4, 0.5) is 0 Å². The highest BCUT2D eigenvalue weighted by atomic mass is 15.0. The molecule has 1 saturated carbocycles. The fourth-order valence-corrected chi connectivity index (χ4v) is 9.41. The lowest BCUT2D eigenvalue weighted by Gasteiger charge is -2.30. The normalized spacial score (nSPS) is 15.6. The Kier molecular flexibility index (Phi) is 11.9. The van der Waals surface area contributed by atoms with Crippen molar-refractivity contribution in [2.45, 2.75) is 65.2 Å². The summed E-state index contributed by atoms with van der Waals surface area (Å²) in [5, 5.41) is 11.7. The first-order valence-corrected chi connectivity index (χ1v) is 22.1. The van der Waals surface area contributed by atoms with Crippen LogP contribution in [-0.2, 0) is 6.42 Å². The van der Waals surface area contributed by atoms with Gasteiger partial charge in [-0.2, -0.15) is 5.26 Å². The van der Waals surface area contributed by atoms with E-state index in [1.165, 1.54) is 50.5 Å². The second-order valence-electron chi connectivity index (χ2n) is 17.2. The first kappa shape index (κ1) is 39.7. The molecular weight excluding hydrogens is 741 g/mol. The molecule has 1 aromatic heterocycles. The van der Waals surface area contributed by atoms with E-state index in [4.69, 9.17) is 15.0 Å². The van der Waals surface area contributed by atoms with Gasteiger partial charge in [-0.25, -0.2) is 15.0 Å². The molecule has 61 heavy (non-hydrogen) atoms. The monoisotopic (exact) mass is 792 g/mol. The van der Waals surface area contributed by atoms with Crippen molar-refractivity contribution in [1.82, 2.24) is 15.0 Å². The molecule has 8 aromatic rings. The van der Waals surface area contributed by atoms with Crippen molar-refractivity contribution in [3.8, 4) is 73.6 Å². The molecule has 1 aliphatic carbocycles. The number of hydrogen-bond donors (Lipinski definition) is 0. The van der Waals surface area contributed by atoms with Gasteiger partial charge in [0.15, 0.2) is 17.5 Å². The van der Waals surface area contributed by atoms with Gasteiger partial charge >= 0.3 is 0 Å². The number of benzene rings is 7. The van der Waals surface area contributed by atoms with Crippen LogP contribution >= 0.6 is 0 Å². The molecule has 0 spiro atoms. The Morgan fingerprint density at radius 1 is 0.557 bits per heavy atom. The van der Waals surface area contributed by atoms with E-state index in [1.807, 2.05) is 30.3 Å². The highest BCUT2D eigenvalue weighted by Gasteiger charge is 2.23. The molecule has 4 nitrogen and oxygen atoms in total. The molecule has 0 unspecified atom stereocenters. The van der Waals surface area contributed by atoms with Crippen LogP contribution in [-0.4, -0.2) is 15.0 Å². The largest absolute Gasteiger partial charge is 0.208 e. The molecule has 4 heteroatoms. The van der Waals surface area contributed by atoms with Crippen LogP contribution in [0.2, 0.25) is 0 Å². The lowest BCUT2D eigenvalue weighted by molar-refractivity contribution is 0.224. The fourth-order valence-electron chi connectivity index (χ4n) is 9.41. The van der Waals surface area contributed by atoms with Crippen molar-refractivity contribution >= 4 is 10.8 Å². The summed E-state index contributed by atoms with van der Waals surface area (Å²) in [7, 11) is 0. The minimum atomic E-state index is 0.604. The molecule has 1 aliphatic rings. The Balaban J connectivity index is 1.13. The van der Waals surface area contributed by atoms with Crippen LogP contribution in [0.15, 0.2) is 164 Å². The average molecular weight is 793 g/mol. The van der Waals surface area contributed by atoms with Crippen molar-refractivity contribution in [2.75, 3.05) is 0 Å². The van der Waals surface area contributed by atoms with Gasteiger partial charge in [-0.3, -0.25) is 0 Å². The van der Waals surface area contributed by atoms with Crippen LogP contribution in [0, 0.1) is 29.1 Å². The second-order valence-corrected chi connectivity index (χ2v) is 17.2. The SMILES string of the molecule is CC[C@H]1CCC[C@@H](C[C@H](C)CCc2ccc(-c3nc(-c4cc(-c5ccccc5)cc(-c5ccc(C#N)cc5)c4)nc(-c4cc(-c5ccccc5)cc5ccccc45)n3)cc2)C1. The zero-order chi connectivity index (χ0) is 41.5. The van der Waals surface area contributed by atoms with Crippen molar-refractivity contribution in [3.05, 3.63) is 175 Å². The molecular formula is C57H52N4. The molecule has 3 atom stereocenters. The van der Waals surface area contributed by atoms with E-state index in [2.05, 4.69) is 153 Å². The van der Waals surface area contributed by atoms with E-state index in [-0.39, 0.29) is 0 Å². The third-order valence-electron chi connectivity index (χ3n) is 12.8. The number of aromatic nitrogens is 3. The maximum atomic E-state index is 9.53. The van der Waals surface area contributed by atoms with Crippen molar-refractivity contribution in [3.63, 3.8) is 0 Å². The summed E-state index contributed by atoms with van der Waals surface area (Å²) in [5.41, 5.74) is 11.2. The maximum Gasteiger partial charge on any atom is 0.164 e. The maximum absolute atomic E-state index is 9.53. The summed E-state index contributed by atoms with van der Waals surface area (Å²) in [6.07, 6.45) is 10.6. The first-order valence-electron chi connectivity index (χ1n) is 22.1. The minimum absolute atomic E-state index is 0.604. The summed E-state index contributed by atoms with van der Waals surface area (Å²) in [4.78, 5) is 15.9. The number of rotatable bonds is 12. The Labute approximate surface area is 361 Å². The average Bonchev–Trinajstić information content (AvgIpc) is 3.33. The van der Waals surface area contributed by atoms with Crippen LogP contribution in [0.5, 0.6) is 0 Å². The standard InChI is InChI=1S/C57H52N4/c1-3-40-13-12-14-43(32-40)31-39(2)21-22-41-23-29-47(30-24-41)55-59-56(52-35-49(44-15-6-4-7-16-44)34-50(36-52)46-27-25-42(38-58)26-28-46)61-57(60-55)54-37-51(45-17-8-5-9-18-45)33-48-19-10-11-20-53(48)54/h4-11,15-20,23-30,33-37,39-40,43H,3,12-14,21-22,31-32H2,1-2H3/t39-,40+,43+/m1/s1. The Hall–Kier alpha value is -6.70. The molecule has 0 N–H and O–H groups in total. The molecule has 9 rings (SSSR count). The number of fused-ring (bicyclic) bond motifs is 1. The third-order valence-corrected chi connectivity index (χ3v) is 12.8. The third kappa shape index (κ3) is 9.23. The number of hydrogen-bond acceptors (Lipinski definition) is 4. The molecule has 0 aliphatic heterocycles.